The van der Waals surface area contributed by atoms with E-state index in [1.807, 2.05) is 6.92 Å². The van der Waals surface area contributed by atoms with Crippen molar-refractivity contribution in [1.82, 2.24) is 0 Å². The quantitative estimate of drug-likeness (QED) is 0.836. The molecule has 1 fully saturated rings. The second-order valence-corrected chi connectivity index (χ2v) is 4.87. The van der Waals surface area contributed by atoms with Crippen molar-refractivity contribution in [2.45, 2.75) is 38.7 Å². The molecule has 0 aliphatic carbocycles. The molecule has 0 amide bonds. The van der Waals surface area contributed by atoms with Crippen LogP contribution in [0.25, 0.3) is 0 Å². The maximum absolute atomic E-state index is 7.00. The molecule has 0 radical (unpaired) electrons. The van der Waals surface area contributed by atoms with E-state index in [9.17, 15) is 0 Å². The number of hydrogen-bond acceptors (Lipinski definition) is 2. The van der Waals surface area contributed by atoms with Gasteiger partial charge in [-0.15, -0.1) is 0 Å². The second-order valence-electron chi connectivity index (χ2n) is 4.87. The summed E-state index contributed by atoms with van der Waals surface area (Å²) >= 11 is 0. The van der Waals surface area contributed by atoms with Crippen LogP contribution in [0.3, 0.4) is 0 Å². The van der Waals surface area contributed by atoms with E-state index in [1.54, 1.807) is 0 Å². The highest BCUT2D eigenvalue weighted by atomic mass is 16.5. The van der Waals surface area contributed by atoms with Gasteiger partial charge in [-0.05, 0) is 44.2 Å². The maximum Gasteiger partial charge on any atom is 0.114 e. The molecule has 1 N–H and O–H groups in total. The van der Waals surface area contributed by atoms with Gasteiger partial charge in [0.2, 0.25) is 0 Å². The van der Waals surface area contributed by atoms with Crippen LogP contribution >= 0.6 is 0 Å². The maximum atomic E-state index is 7.00. The van der Waals surface area contributed by atoms with Crippen LogP contribution in [0.5, 0.6) is 0 Å². The van der Waals surface area contributed by atoms with Crippen molar-refractivity contribution in [3.63, 3.8) is 0 Å². The van der Waals surface area contributed by atoms with Crippen LogP contribution in [0.2, 0.25) is 0 Å². The Labute approximate surface area is 122 Å². The summed E-state index contributed by atoms with van der Waals surface area (Å²) in [6, 6.07) is 10.6. The first-order chi connectivity index (χ1) is 9.79. The summed E-state index contributed by atoms with van der Waals surface area (Å²) in [7, 11) is 1.00. The predicted molar refractivity (Wildman–Crippen MR) is 84.6 cm³/mol. The van der Waals surface area contributed by atoms with Gasteiger partial charge in [0.15, 0.2) is 0 Å². The molecule has 1 heterocycles. The molecule has 1 aromatic carbocycles. The molecule has 1 aromatic rings. The summed E-state index contributed by atoms with van der Waals surface area (Å²) in [4.78, 5) is 0. The molecule has 2 nitrogen and oxygen atoms in total. The van der Waals surface area contributed by atoms with Gasteiger partial charge < -0.3 is 9.84 Å². The molecule has 1 atom stereocenters. The van der Waals surface area contributed by atoms with Crippen LogP contribution in [0, 0.1) is 0 Å². The Morgan fingerprint density at radius 2 is 1.90 bits per heavy atom. The molecule has 0 bridgehead atoms. The van der Waals surface area contributed by atoms with Crippen molar-refractivity contribution in [3.05, 3.63) is 59.7 Å². The molecule has 1 saturated heterocycles. The fourth-order valence-electron chi connectivity index (χ4n) is 2.64. The molecule has 0 spiro atoms. The van der Waals surface area contributed by atoms with Gasteiger partial charge in [-0.25, -0.2) is 0 Å². The Balaban J connectivity index is 0.000000956. The van der Waals surface area contributed by atoms with E-state index >= 15 is 0 Å². The summed E-state index contributed by atoms with van der Waals surface area (Å²) in [5.41, 5.74) is 2.37. The Kier molecular flexibility index (Phi) is 7.27. The fourth-order valence-corrected chi connectivity index (χ4v) is 2.64. The van der Waals surface area contributed by atoms with Gasteiger partial charge in [-0.1, -0.05) is 48.6 Å². The Bertz CT molecular complexity index is 426. The molecule has 1 aliphatic heterocycles. The van der Waals surface area contributed by atoms with E-state index < -0.39 is 0 Å². The zero-order chi connectivity index (χ0) is 14.8. The molecular formula is C18H26O2. The molecular weight excluding hydrogens is 248 g/mol. The predicted octanol–water partition coefficient (Wildman–Crippen LogP) is 4.21. The zero-order valence-electron chi connectivity index (χ0n) is 12.8. The van der Waals surface area contributed by atoms with Crippen LogP contribution in [0.1, 0.15) is 38.7 Å². The van der Waals surface area contributed by atoms with Gasteiger partial charge in [0.1, 0.15) is 5.60 Å². The zero-order valence-corrected chi connectivity index (χ0v) is 12.8. The Hall–Kier alpha value is -1.38. The average Bonchev–Trinajstić information content (AvgIpc) is 2.56. The Morgan fingerprint density at radius 1 is 1.20 bits per heavy atom. The van der Waals surface area contributed by atoms with Gasteiger partial charge in [-0.3, -0.25) is 0 Å². The number of rotatable bonds is 3. The monoisotopic (exact) mass is 274 g/mol. The number of benzene rings is 1. The minimum atomic E-state index is -0.209. The third kappa shape index (κ3) is 3.81. The fraction of sp³-hybridized carbons (Fsp3) is 0.444. The number of ether oxygens (including phenoxy) is 1. The summed E-state index contributed by atoms with van der Waals surface area (Å²) < 4.78 is 6.21. The normalized spacial score (nSPS) is 23.3. The molecule has 2 heteroatoms. The van der Waals surface area contributed by atoms with Crippen LogP contribution in [-0.2, 0) is 10.3 Å². The summed E-state index contributed by atoms with van der Waals surface area (Å²) in [6.07, 6.45) is 9.82. The standard InChI is InChI=1S/C17H22O.CH4O/c1-3-4-10-15(2)17(13-8-9-14-18-17)16-11-6-5-7-12-16;1-2/h3-7,10-12H,8-9,13-14H2,1-2H3;2H,1H3/b4-3-,15-10+;. The molecule has 2 rings (SSSR count). The highest BCUT2D eigenvalue weighted by Gasteiger charge is 2.36. The first-order valence-corrected chi connectivity index (χ1v) is 7.24. The van der Waals surface area contributed by atoms with E-state index in [4.69, 9.17) is 9.84 Å². The topological polar surface area (TPSA) is 29.5 Å². The molecule has 20 heavy (non-hydrogen) atoms. The van der Waals surface area contributed by atoms with Crippen LogP contribution < -0.4 is 0 Å². The molecule has 1 aliphatic rings. The highest BCUT2D eigenvalue weighted by Crippen LogP contribution is 2.41. The molecule has 0 aromatic heterocycles. The van der Waals surface area contributed by atoms with Crippen molar-refractivity contribution in [1.29, 1.82) is 0 Å². The number of aliphatic hydroxyl groups is 1. The second kappa shape index (κ2) is 8.72. The number of allylic oxidation sites excluding steroid dienone is 3. The smallest absolute Gasteiger partial charge is 0.114 e. The van der Waals surface area contributed by atoms with Crippen LogP contribution in [0.15, 0.2) is 54.1 Å². The van der Waals surface area contributed by atoms with E-state index in [1.165, 1.54) is 24.0 Å². The first-order valence-electron chi connectivity index (χ1n) is 7.24. The van der Waals surface area contributed by atoms with Gasteiger partial charge in [0.05, 0.1) is 0 Å². The largest absolute Gasteiger partial charge is 0.400 e. The summed E-state index contributed by atoms with van der Waals surface area (Å²) in [6.45, 7) is 5.08. The lowest BCUT2D eigenvalue weighted by atomic mass is 9.80. The van der Waals surface area contributed by atoms with E-state index in [2.05, 4.69) is 55.5 Å². The lowest BCUT2D eigenvalue weighted by Crippen LogP contribution is -2.34. The highest BCUT2D eigenvalue weighted by molar-refractivity contribution is 5.34. The van der Waals surface area contributed by atoms with Crippen molar-refractivity contribution in [2.24, 2.45) is 0 Å². The van der Waals surface area contributed by atoms with E-state index in [0.717, 1.165) is 20.1 Å². The van der Waals surface area contributed by atoms with Crippen molar-refractivity contribution in [2.75, 3.05) is 13.7 Å². The number of aliphatic hydroxyl groups excluding tert-OH is 1. The third-order valence-electron chi connectivity index (χ3n) is 3.69. The molecule has 110 valence electrons. The van der Waals surface area contributed by atoms with Crippen LogP contribution in [-0.4, -0.2) is 18.8 Å². The van der Waals surface area contributed by atoms with Crippen molar-refractivity contribution < 1.29 is 9.84 Å². The van der Waals surface area contributed by atoms with Gasteiger partial charge in [-0.2, -0.15) is 0 Å². The van der Waals surface area contributed by atoms with E-state index in [-0.39, 0.29) is 5.60 Å². The summed E-state index contributed by atoms with van der Waals surface area (Å²) in [5.74, 6) is 0. The van der Waals surface area contributed by atoms with Crippen molar-refractivity contribution in [3.8, 4) is 0 Å². The van der Waals surface area contributed by atoms with Crippen molar-refractivity contribution >= 4 is 0 Å². The molecule has 1 unspecified atom stereocenters. The van der Waals surface area contributed by atoms with Gasteiger partial charge >= 0.3 is 0 Å². The number of hydrogen-bond donors (Lipinski definition) is 1. The Morgan fingerprint density at radius 3 is 2.45 bits per heavy atom. The minimum Gasteiger partial charge on any atom is -0.400 e. The van der Waals surface area contributed by atoms with Gasteiger partial charge in [0.25, 0.3) is 0 Å². The third-order valence-corrected chi connectivity index (χ3v) is 3.69. The minimum absolute atomic E-state index is 0.209. The lowest BCUT2D eigenvalue weighted by Gasteiger charge is -2.39. The molecule has 0 saturated carbocycles. The summed E-state index contributed by atoms with van der Waals surface area (Å²) in [5, 5.41) is 7.00. The SMILES string of the molecule is C/C=C\C=C(/C)C1(c2ccccc2)CCCCO1.CO. The van der Waals surface area contributed by atoms with E-state index in [0.29, 0.717) is 0 Å². The van der Waals surface area contributed by atoms with Gasteiger partial charge in [0, 0.05) is 13.7 Å². The average molecular weight is 274 g/mol. The van der Waals surface area contributed by atoms with Crippen LogP contribution in [0.4, 0.5) is 0 Å². The lowest BCUT2D eigenvalue weighted by molar-refractivity contribution is -0.0562. The first kappa shape index (κ1) is 16.7.